The van der Waals surface area contributed by atoms with Gasteiger partial charge in [0.25, 0.3) is 0 Å². The van der Waals surface area contributed by atoms with Gasteiger partial charge in [-0.1, -0.05) is 36.8 Å². The number of aryl methyl sites for hydroxylation is 1. The van der Waals surface area contributed by atoms with Crippen LogP contribution in [0.5, 0.6) is 0 Å². The highest BCUT2D eigenvalue weighted by Gasteiger charge is 2.38. The van der Waals surface area contributed by atoms with E-state index in [4.69, 9.17) is 10.5 Å². The minimum atomic E-state index is -0.490. The van der Waals surface area contributed by atoms with Crippen molar-refractivity contribution < 1.29 is 9.53 Å². The van der Waals surface area contributed by atoms with Crippen molar-refractivity contribution in [2.24, 2.45) is 5.73 Å². The van der Waals surface area contributed by atoms with Crippen LogP contribution in [0.2, 0.25) is 0 Å². The number of amides is 1. The highest BCUT2D eigenvalue weighted by molar-refractivity contribution is 5.69. The van der Waals surface area contributed by atoms with Crippen LogP contribution in [0.15, 0.2) is 24.3 Å². The van der Waals surface area contributed by atoms with E-state index >= 15 is 0 Å². The second-order valence-electron chi connectivity index (χ2n) is 7.62. The Bertz CT molecular complexity index is 533. The van der Waals surface area contributed by atoms with Gasteiger partial charge in [0.2, 0.25) is 0 Å². The number of carbonyl (C=O) groups excluding carboxylic acids is 1. The molecule has 1 heterocycles. The Hall–Kier alpha value is -1.55. The molecule has 2 N–H and O–H groups in total. The largest absolute Gasteiger partial charge is 0.444 e. The van der Waals surface area contributed by atoms with Gasteiger partial charge < -0.3 is 15.4 Å². The molecule has 1 amide bonds. The highest BCUT2D eigenvalue weighted by Crippen LogP contribution is 2.32. The molecule has 1 saturated heterocycles. The summed E-state index contributed by atoms with van der Waals surface area (Å²) in [5.74, 6) is 0.265. The average molecular weight is 318 g/mol. The molecular formula is C19H30N2O2. The molecule has 1 fully saturated rings. The Morgan fingerprint density at radius 1 is 1.30 bits per heavy atom. The maximum absolute atomic E-state index is 12.6. The van der Waals surface area contributed by atoms with Crippen LogP contribution >= 0.6 is 0 Å². The van der Waals surface area contributed by atoms with Gasteiger partial charge >= 0.3 is 6.09 Å². The van der Waals surface area contributed by atoms with E-state index in [-0.39, 0.29) is 24.1 Å². The minimum Gasteiger partial charge on any atom is -0.444 e. The molecule has 1 aromatic carbocycles. The van der Waals surface area contributed by atoms with Gasteiger partial charge in [0.15, 0.2) is 0 Å². The topological polar surface area (TPSA) is 55.6 Å². The van der Waals surface area contributed by atoms with Gasteiger partial charge in [-0.25, -0.2) is 4.79 Å². The molecule has 0 aromatic heterocycles. The third kappa shape index (κ3) is 4.47. The molecule has 3 atom stereocenters. The van der Waals surface area contributed by atoms with Crippen LogP contribution in [-0.4, -0.2) is 35.2 Å². The van der Waals surface area contributed by atoms with Gasteiger partial charge in [0.05, 0.1) is 0 Å². The Morgan fingerprint density at radius 3 is 2.43 bits per heavy atom. The Kier molecular flexibility index (Phi) is 5.35. The second kappa shape index (κ2) is 6.91. The van der Waals surface area contributed by atoms with Crippen molar-refractivity contribution in [1.82, 2.24) is 4.90 Å². The van der Waals surface area contributed by atoms with Crippen molar-refractivity contribution in [3.63, 3.8) is 0 Å². The maximum Gasteiger partial charge on any atom is 0.410 e. The molecule has 1 aromatic rings. The SMILES string of the molecule is CCC1C(N)CC(c2ccc(C)cc2)CN1C(=O)OC(C)(C)C. The molecule has 4 heteroatoms. The fourth-order valence-corrected chi connectivity index (χ4v) is 3.30. The van der Waals surface area contributed by atoms with Crippen LogP contribution in [0.25, 0.3) is 0 Å². The molecule has 0 bridgehead atoms. The van der Waals surface area contributed by atoms with Crippen molar-refractivity contribution in [2.45, 2.75) is 71.1 Å². The first-order chi connectivity index (χ1) is 10.7. The normalized spacial score (nSPS) is 25.3. The number of benzene rings is 1. The summed E-state index contributed by atoms with van der Waals surface area (Å²) in [7, 11) is 0. The molecule has 0 radical (unpaired) electrons. The van der Waals surface area contributed by atoms with Crippen molar-refractivity contribution in [2.75, 3.05) is 6.54 Å². The molecule has 3 unspecified atom stereocenters. The van der Waals surface area contributed by atoms with Crippen LogP contribution in [0.4, 0.5) is 4.79 Å². The van der Waals surface area contributed by atoms with Gasteiger partial charge in [-0.2, -0.15) is 0 Å². The van der Waals surface area contributed by atoms with E-state index in [1.807, 2.05) is 25.7 Å². The van der Waals surface area contributed by atoms with Crippen molar-refractivity contribution >= 4 is 6.09 Å². The van der Waals surface area contributed by atoms with Crippen LogP contribution in [0.3, 0.4) is 0 Å². The summed E-state index contributed by atoms with van der Waals surface area (Å²) in [4.78, 5) is 14.4. The van der Waals surface area contributed by atoms with Crippen LogP contribution < -0.4 is 5.73 Å². The van der Waals surface area contributed by atoms with Crippen molar-refractivity contribution in [1.29, 1.82) is 0 Å². The number of rotatable bonds is 2. The Labute approximate surface area is 140 Å². The zero-order valence-electron chi connectivity index (χ0n) is 15.0. The number of carbonyl (C=O) groups is 1. The first-order valence-electron chi connectivity index (χ1n) is 8.53. The number of hydrogen-bond donors (Lipinski definition) is 1. The first kappa shape index (κ1) is 17.8. The molecule has 0 spiro atoms. The van der Waals surface area contributed by atoms with E-state index in [0.717, 1.165) is 12.8 Å². The Balaban J connectivity index is 2.20. The first-order valence-corrected chi connectivity index (χ1v) is 8.53. The number of hydrogen-bond acceptors (Lipinski definition) is 3. The zero-order chi connectivity index (χ0) is 17.2. The number of ether oxygens (including phenoxy) is 1. The fraction of sp³-hybridized carbons (Fsp3) is 0.632. The predicted octanol–water partition coefficient (Wildman–Crippen LogP) is 3.83. The van der Waals surface area contributed by atoms with Crippen LogP contribution in [-0.2, 0) is 4.74 Å². The fourth-order valence-electron chi connectivity index (χ4n) is 3.30. The van der Waals surface area contributed by atoms with Crippen molar-refractivity contribution in [3.8, 4) is 0 Å². The summed E-state index contributed by atoms with van der Waals surface area (Å²) in [5.41, 5.74) is 8.38. The van der Waals surface area contributed by atoms with Crippen LogP contribution in [0.1, 0.15) is 57.6 Å². The van der Waals surface area contributed by atoms with E-state index < -0.39 is 5.60 Å². The molecule has 1 aliphatic heterocycles. The van der Waals surface area contributed by atoms with Gasteiger partial charge in [-0.15, -0.1) is 0 Å². The quantitative estimate of drug-likeness (QED) is 0.901. The molecular weight excluding hydrogens is 288 g/mol. The lowest BCUT2D eigenvalue weighted by atomic mass is 9.83. The average Bonchev–Trinajstić information content (AvgIpc) is 2.45. The molecule has 128 valence electrons. The Morgan fingerprint density at radius 2 is 1.91 bits per heavy atom. The summed E-state index contributed by atoms with van der Waals surface area (Å²) in [6, 6.07) is 8.55. The lowest BCUT2D eigenvalue weighted by Gasteiger charge is -2.43. The molecule has 4 nitrogen and oxygen atoms in total. The summed E-state index contributed by atoms with van der Waals surface area (Å²) in [6.45, 7) is 10.5. The highest BCUT2D eigenvalue weighted by atomic mass is 16.6. The van der Waals surface area contributed by atoms with E-state index in [0.29, 0.717) is 6.54 Å². The van der Waals surface area contributed by atoms with E-state index in [1.165, 1.54) is 11.1 Å². The number of nitrogens with two attached hydrogens (primary N) is 1. The van der Waals surface area contributed by atoms with Crippen LogP contribution in [0, 0.1) is 6.92 Å². The van der Waals surface area contributed by atoms with E-state index in [2.05, 4.69) is 38.1 Å². The van der Waals surface area contributed by atoms with E-state index in [1.54, 1.807) is 0 Å². The summed E-state index contributed by atoms with van der Waals surface area (Å²) in [5, 5.41) is 0. The summed E-state index contributed by atoms with van der Waals surface area (Å²) < 4.78 is 5.59. The summed E-state index contributed by atoms with van der Waals surface area (Å²) in [6.07, 6.45) is 1.50. The van der Waals surface area contributed by atoms with Gasteiger partial charge in [-0.05, 0) is 46.1 Å². The zero-order valence-corrected chi connectivity index (χ0v) is 15.0. The van der Waals surface area contributed by atoms with Gasteiger partial charge in [-0.3, -0.25) is 0 Å². The molecule has 1 aliphatic rings. The molecule has 0 aliphatic carbocycles. The second-order valence-corrected chi connectivity index (χ2v) is 7.62. The lowest BCUT2D eigenvalue weighted by molar-refractivity contribution is 0.00354. The monoisotopic (exact) mass is 318 g/mol. The molecule has 23 heavy (non-hydrogen) atoms. The third-order valence-corrected chi connectivity index (χ3v) is 4.46. The molecule has 2 rings (SSSR count). The smallest absolute Gasteiger partial charge is 0.410 e. The number of nitrogens with zero attached hydrogens (tertiary/aromatic N) is 1. The standard InChI is InChI=1S/C19H30N2O2/c1-6-17-16(20)11-15(14-9-7-13(2)8-10-14)12-21(17)18(22)23-19(3,4)5/h7-10,15-17H,6,11-12,20H2,1-5H3. The van der Waals surface area contributed by atoms with Crippen molar-refractivity contribution in [3.05, 3.63) is 35.4 Å². The molecule has 0 saturated carbocycles. The van der Waals surface area contributed by atoms with E-state index in [9.17, 15) is 4.79 Å². The van der Waals surface area contributed by atoms with Gasteiger partial charge in [0, 0.05) is 24.5 Å². The maximum atomic E-state index is 12.6. The summed E-state index contributed by atoms with van der Waals surface area (Å²) >= 11 is 0. The minimum absolute atomic E-state index is 0.0208. The van der Waals surface area contributed by atoms with Gasteiger partial charge in [0.1, 0.15) is 5.60 Å². The third-order valence-electron chi connectivity index (χ3n) is 4.46. The number of piperidine rings is 1. The number of likely N-dealkylation sites (tertiary alicyclic amines) is 1. The predicted molar refractivity (Wildman–Crippen MR) is 93.5 cm³/mol. The lowest BCUT2D eigenvalue weighted by Crippen LogP contribution is -2.57.